The lowest BCUT2D eigenvalue weighted by Gasteiger charge is -2.36. The topological polar surface area (TPSA) is 48.4 Å². The summed E-state index contributed by atoms with van der Waals surface area (Å²) in [5, 5.41) is 0. The maximum absolute atomic E-state index is 11.8. The van der Waals surface area contributed by atoms with E-state index in [1.807, 2.05) is 6.92 Å². The Bertz CT molecular complexity index is 594. The second-order valence-corrected chi connectivity index (χ2v) is 5.82. The van der Waals surface area contributed by atoms with Crippen LogP contribution in [-0.4, -0.2) is 74.7 Å². The van der Waals surface area contributed by atoms with Crippen molar-refractivity contribution in [3.8, 4) is 0 Å². The molecule has 1 aromatic rings. The molecule has 124 valence electrons. The van der Waals surface area contributed by atoms with Crippen LogP contribution < -0.4 is 4.90 Å². The fourth-order valence-corrected chi connectivity index (χ4v) is 3.09. The van der Waals surface area contributed by atoms with Crippen LogP contribution in [-0.2, 0) is 4.74 Å². The van der Waals surface area contributed by atoms with Gasteiger partial charge in [0.15, 0.2) is 0 Å². The van der Waals surface area contributed by atoms with Crippen LogP contribution >= 0.6 is 0 Å². The van der Waals surface area contributed by atoms with Gasteiger partial charge in [-0.2, -0.15) is 0 Å². The van der Waals surface area contributed by atoms with E-state index < -0.39 is 0 Å². The van der Waals surface area contributed by atoms with Crippen LogP contribution in [0.5, 0.6) is 0 Å². The molecule has 2 aliphatic heterocycles. The van der Waals surface area contributed by atoms with Gasteiger partial charge in [0.25, 0.3) is 0 Å². The highest BCUT2D eigenvalue weighted by molar-refractivity contribution is 6.04. The van der Waals surface area contributed by atoms with Gasteiger partial charge in [0.2, 0.25) is 0 Å². The minimum Gasteiger partial charge on any atom is -0.450 e. The van der Waals surface area contributed by atoms with Gasteiger partial charge >= 0.3 is 6.09 Å². The highest BCUT2D eigenvalue weighted by atomic mass is 16.6. The summed E-state index contributed by atoms with van der Waals surface area (Å²) in [6, 6.07) is 8.40. The highest BCUT2D eigenvalue weighted by Gasteiger charge is 2.26. The Balaban J connectivity index is 1.74. The van der Waals surface area contributed by atoms with Gasteiger partial charge in [-0.15, -0.1) is 0 Å². The number of likely N-dealkylation sites (N-methyl/N-ethyl adjacent to an activating group) is 1. The molecule has 0 N–H and O–H groups in total. The number of amides is 1. The summed E-state index contributed by atoms with van der Waals surface area (Å²) in [7, 11) is 2.11. The number of ether oxygens (including phenoxy) is 1. The van der Waals surface area contributed by atoms with Crippen LogP contribution in [0.3, 0.4) is 0 Å². The van der Waals surface area contributed by atoms with Gasteiger partial charge in [0.1, 0.15) is 5.84 Å². The van der Waals surface area contributed by atoms with Gasteiger partial charge in [-0.05, 0) is 19.1 Å². The summed E-state index contributed by atoms with van der Waals surface area (Å²) < 4.78 is 5.08. The van der Waals surface area contributed by atoms with Crippen LogP contribution in [0.4, 0.5) is 10.5 Å². The standard InChI is InChI=1S/C17H24N4O2/c1-3-23-17(22)21-12-10-20(11-13-21)16-14-6-4-5-7-15(14)19(2)9-8-18-16/h4-7H,3,8-13H2,1-2H3. The first-order chi connectivity index (χ1) is 11.2. The number of benzodiazepines with no additional fused rings is 1. The first kappa shape index (κ1) is 15.6. The van der Waals surface area contributed by atoms with Gasteiger partial charge < -0.3 is 19.4 Å². The molecule has 0 bridgehead atoms. The molecular formula is C17H24N4O2. The van der Waals surface area contributed by atoms with E-state index in [0.29, 0.717) is 19.7 Å². The van der Waals surface area contributed by atoms with Gasteiger partial charge in [0.05, 0.1) is 13.2 Å². The SMILES string of the molecule is CCOC(=O)N1CCN(C2=NCCN(C)c3ccccc32)CC1. The predicted octanol–water partition coefficient (Wildman–Crippen LogP) is 1.66. The number of para-hydroxylation sites is 1. The van der Waals surface area contributed by atoms with Crippen LogP contribution in [0.1, 0.15) is 12.5 Å². The van der Waals surface area contributed by atoms with Crippen LogP contribution in [0, 0.1) is 0 Å². The lowest BCUT2D eigenvalue weighted by Crippen LogP contribution is -2.51. The van der Waals surface area contributed by atoms with E-state index in [-0.39, 0.29) is 6.09 Å². The third-order valence-electron chi connectivity index (χ3n) is 4.36. The number of nitrogens with zero attached hydrogens (tertiary/aromatic N) is 4. The number of rotatable bonds is 1. The van der Waals surface area contributed by atoms with Gasteiger partial charge in [-0.3, -0.25) is 4.99 Å². The molecule has 0 saturated carbocycles. The molecule has 6 nitrogen and oxygen atoms in total. The largest absolute Gasteiger partial charge is 0.450 e. The summed E-state index contributed by atoms with van der Waals surface area (Å²) in [6.07, 6.45) is -0.213. The fourth-order valence-electron chi connectivity index (χ4n) is 3.09. The number of carbonyl (C=O) groups excluding carboxylic acids is 1. The molecule has 2 aliphatic rings. The predicted molar refractivity (Wildman–Crippen MR) is 91.3 cm³/mol. The molecule has 0 atom stereocenters. The summed E-state index contributed by atoms with van der Waals surface area (Å²) in [5.41, 5.74) is 2.40. The van der Waals surface area contributed by atoms with Crippen molar-refractivity contribution in [3.63, 3.8) is 0 Å². The number of benzene rings is 1. The van der Waals surface area contributed by atoms with E-state index >= 15 is 0 Å². The van der Waals surface area contributed by atoms with Crippen molar-refractivity contribution in [2.24, 2.45) is 4.99 Å². The van der Waals surface area contributed by atoms with E-state index in [2.05, 4.69) is 41.1 Å². The van der Waals surface area contributed by atoms with Crippen LogP contribution in [0.25, 0.3) is 0 Å². The molecule has 1 amide bonds. The minimum atomic E-state index is -0.213. The normalized spacial score (nSPS) is 18.2. The molecular weight excluding hydrogens is 292 g/mol. The Morgan fingerprint density at radius 2 is 1.91 bits per heavy atom. The molecule has 2 heterocycles. The number of anilines is 1. The third-order valence-corrected chi connectivity index (χ3v) is 4.36. The number of hydrogen-bond donors (Lipinski definition) is 0. The first-order valence-corrected chi connectivity index (χ1v) is 8.22. The molecule has 3 rings (SSSR count). The highest BCUT2D eigenvalue weighted by Crippen LogP contribution is 2.24. The maximum atomic E-state index is 11.8. The number of fused-ring (bicyclic) bond motifs is 1. The van der Waals surface area contributed by atoms with Crippen molar-refractivity contribution < 1.29 is 9.53 Å². The average molecular weight is 316 g/mol. The number of piperazine rings is 1. The second kappa shape index (κ2) is 6.89. The average Bonchev–Trinajstić information content (AvgIpc) is 2.75. The summed E-state index contributed by atoms with van der Waals surface area (Å²) in [6.45, 7) is 6.90. The van der Waals surface area contributed by atoms with Crippen molar-refractivity contribution >= 4 is 17.6 Å². The molecule has 1 aromatic carbocycles. The zero-order chi connectivity index (χ0) is 16.2. The Morgan fingerprint density at radius 3 is 2.65 bits per heavy atom. The lowest BCUT2D eigenvalue weighted by molar-refractivity contribution is 0.0920. The Kier molecular flexibility index (Phi) is 4.69. The number of hydrogen-bond acceptors (Lipinski definition) is 5. The van der Waals surface area contributed by atoms with E-state index in [0.717, 1.165) is 32.0 Å². The third kappa shape index (κ3) is 3.25. The number of carbonyl (C=O) groups is 1. The Hall–Kier alpha value is -2.24. The Morgan fingerprint density at radius 1 is 1.17 bits per heavy atom. The van der Waals surface area contributed by atoms with E-state index in [1.165, 1.54) is 11.3 Å². The van der Waals surface area contributed by atoms with Crippen molar-refractivity contribution in [1.29, 1.82) is 0 Å². The summed E-state index contributed by atoms with van der Waals surface area (Å²) in [4.78, 5) is 22.9. The van der Waals surface area contributed by atoms with E-state index in [1.54, 1.807) is 4.90 Å². The quantitative estimate of drug-likeness (QED) is 0.790. The zero-order valence-electron chi connectivity index (χ0n) is 13.9. The van der Waals surface area contributed by atoms with Crippen molar-refractivity contribution in [2.75, 3.05) is 57.8 Å². The van der Waals surface area contributed by atoms with E-state index in [9.17, 15) is 4.79 Å². The van der Waals surface area contributed by atoms with Crippen molar-refractivity contribution in [3.05, 3.63) is 29.8 Å². The monoisotopic (exact) mass is 316 g/mol. The van der Waals surface area contributed by atoms with Crippen LogP contribution in [0.2, 0.25) is 0 Å². The molecule has 23 heavy (non-hydrogen) atoms. The number of aliphatic imine (C=N–C) groups is 1. The first-order valence-electron chi connectivity index (χ1n) is 8.22. The fraction of sp³-hybridized carbons (Fsp3) is 0.529. The van der Waals surface area contributed by atoms with Crippen molar-refractivity contribution in [1.82, 2.24) is 9.80 Å². The van der Waals surface area contributed by atoms with Gasteiger partial charge in [0, 0.05) is 51.0 Å². The van der Waals surface area contributed by atoms with Crippen LogP contribution in [0.15, 0.2) is 29.3 Å². The molecule has 0 aliphatic carbocycles. The zero-order valence-corrected chi connectivity index (χ0v) is 13.9. The van der Waals surface area contributed by atoms with E-state index in [4.69, 9.17) is 9.73 Å². The van der Waals surface area contributed by atoms with Gasteiger partial charge in [-0.25, -0.2) is 4.79 Å². The molecule has 0 aromatic heterocycles. The van der Waals surface area contributed by atoms with Gasteiger partial charge in [-0.1, -0.05) is 12.1 Å². The molecule has 6 heteroatoms. The molecule has 0 radical (unpaired) electrons. The maximum Gasteiger partial charge on any atom is 0.409 e. The second-order valence-electron chi connectivity index (χ2n) is 5.82. The smallest absolute Gasteiger partial charge is 0.409 e. The molecule has 1 saturated heterocycles. The summed E-state index contributed by atoms with van der Waals surface area (Å²) in [5.74, 6) is 1.05. The van der Waals surface area contributed by atoms with Crippen molar-refractivity contribution in [2.45, 2.75) is 6.92 Å². The summed E-state index contributed by atoms with van der Waals surface area (Å²) >= 11 is 0. The lowest BCUT2D eigenvalue weighted by atomic mass is 10.1. The molecule has 0 unspecified atom stereocenters. The number of amidine groups is 1. The Labute approximate surface area is 137 Å². The molecule has 0 spiro atoms. The molecule has 1 fully saturated rings. The minimum absolute atomic E-state index is 0.213.